The van der Waals surface area contributed by atoms with Gasteiger partial charge in [0.1, 0.15) is 16.5 Å². The van der Waals surface area contributed by atoms with Crippen LogP contribution in [0.1, 0.15) is 50.2 Å². The number of fused-ring (bicyclic) bond motifs is 1. The molecule has 0 spiro atoms. The molecule has 2 aromatic rings. The van der Waals surface area contributed by atoms with Crippen molar-refractivity contribution < 1.29 is 17.9 Å². The Bertz CT molecular complexity index is 1160. The van der Waals surface area contributed by atoms with Crippen LogP contribution >= 0.6 is 0 Å². The molecule has 0 aromatic heterocycles. The van der Waals surface area contributed by atoms with E-state index in [9.17, 15) is 13.2 Å². The number of amides is 1. The molecular weight excluding hydrogens is 452 g/mol. The van der Waals surface area contributed by atoms with Gasteiger partial charge in [0.2, 0.25) is 5.91 Å². The fraction of sp³-hybridized carbons (Fsp3) is 0.440. The second-order valence-electron chi connectivity index (χ2n) is 8.64. The van der Waals surface area contributed by atoms with Crippen molar-refractivity contribution in [1.29, 1.82) is 0 Å². The van der Waals surface area contributed by atoms with Crippen LogP contribution in [0.4, 0.5) is 5.69 Å². The van der Waals surface area contributed by atoms with Crippen molar-refractivity contribution in [3.63, 3.8) is 0 Å². The number of carbonyl (C=O) groups is 1. The van der Waals surface area contributed by atoms with E-state index in [1.807, 2.05) is 12.1 Å². The van der Waals surface area contributed by atoms with Gasteiger partial charge in [0.15, 0.2) is 0 Å². The van der Waals surface area contributed by atoms with Crippen LogP contribution in [0, 0.1) is 0 Å². The Morgan fingerprint density at radius 1 is 1.12 bits per heavy atom. The third kappa shape index (κ3) is 6.15. The smallest absolute Gasteiger partial charge is 0.285 e. The molecule has 8 nitrogen and oxygen atoms in total. The van der Waals surface area contributed by atoms with Crippen LogP contribution in [0.3, 0.4) is 0 Å². The molecule has 2 aliphatic rings. The van der Waals surface area contributed by atoms with Crippen molar-refractivity contribution in [2.45, 2.75) is 50.5 Å². The first-order valence-corrected chi connectivity index (χ1v) is 13.4. The van der Waals surface area contributed by atoms with E-state index >= 15 is 0 Å². The summed E-state index contributed by atoms with van der Waals surface area (Å²) in [6.45, 7) is 6.05. The second-order valence-corrected chi connectivity index (χ2v) is 10.2. The van der Waals surface area contributed by atoms with Gasteiger partial charge in [0, 0.05) is 30.8 Å². The van der Waals surface area contributed by atoms with Crippen LogP contribution < -0.4 is 15.4 Å². The maximum absolute atomic E-state index is 12.5. The van der Waals surface area contributed by atoms with Gasteiger partial charge in [-0.2, -0.15) is 8.42 Å². The maximum atomic E-state index is 12.5. The molecule has 2 aromatic carbocycles. The van der Waals surface area contributed by atoms with Crippen molar-refractivity contribution in [3.8, 4) is 5.75 Å². The number of carbonyl (C=O) groups excluding carboxylic acids is 1. The zero-order chi connectivity index (χ0) is 24.0. The summed E-state index contributed by atoms with van der Waals surface area (Å²) in [6.07, 6.45) is 4.89. The van der Waals surface area contributed by atoms with E-state index in [1.165, 1.54) is 30.9 Å². The van der Waals surface area contributed by atoms with E-state index in [-0.39, 0.29) is 10.8 Å². The monoisotopic (exact) mass is 484 g/mol. The van der Waals surface area contributed by atoms with E-state index in [1.54, 1.807) is 19.1 Å². The molecule has 1 fully saturated rings. The summed E-state index contributed by atoms with van der Waals surface area (Å²) in [7, 11) is -3.78. The van der Waals surface area contributed by atoms with Gasteiger partial charge < -0.3 is 15.4 Å². The standard InChI is InChI=1S/C25H32N4O4S/c1-2-24(30)27-20-10-11-22-23(17-20)34(31,32)28-25(22)26-12-7-15-33-21-9-6-8-19(16-21)18-29-13-4-3-5-14-29/h6,8-11,16-17H,2-5,7,12-15,18H2,1H3,(H,26,28)(H,27,30). The minimum absolute atomic E-state index is 0.102. The summed E-state index contributed by atoms with van der Waals surface area (Å²) in [5, 5.41) is 5.80. The highest BCUT2D eigenvalue weighted by Crippen LogP contribution is 2.28. The Hall–Kier alpha value is -2.91. The van der Waals surface area contributed by atoms with Gasteiger partial charge in [-0.05, 0) is 68.2 Å². The van der Waals surface area contributed by atoms with Crippen LogP contribution in [-0.2, 0) is 21.4 Å². The van der Waals surface area contributed by atoms with Crippen molar-refractivity contribution in [1.82, 2.24) is 10.2 Å². The summed E-state index contributed by atoms with van der Waals surface area (Å²) >= 11 is 0. The lowest BCUT2D eigenvalue weighted by atomic mass is 10.1. The van der Waals surface area contributed by atoms with Crippen LogP contribution in [0.5, 0.6) is 5.75 Å². The van der Waals surface area contributed by atoms with Crippen LogP contribution in [0.25, 0.3) is 0 Å². The number of ether oxygens (including phenoxy) is 1. The average molecular weight is 485 g/mol. The maximum Gasteiger partial charge on any atom is 0.285 e. The van der Waals surface area contributed by atoms with Crippen molar-refractivity contribution in [2.24, 2.45) is 4.40 Å². The summed E-state index contributed by atoms with van der Waals surface area (Å²) in [6, 6.07) is 13.0. The molecule has 182 valence electrons. The highest BCUT2D eigenvalue weighted by molar-refractivity contribution is 7.90. The molecule has 1 amide bonds. The number of likely N-dealkylation sites (tertiary alicyclic amines) is 1. The topological polar surface area (TPSA) is 100 Å². The van der Waals surface area contributed by atoms with Crippen LogP contribution in [0.15, 0.2) is 51.8 Å². The van der Waals surface area contributed by atoms with Crippen molar-refractivity contribution in [3.05, 3.63) is 53.6 Å². The third-order valence-electron chi connectivity index (χ3n) is 5.97. The Balaban J connectivity index is 1.26. The Morgan fingerprint density at radius 2 is 1.94 bits per heavy atom. The largest absolute Gasteiger partial charge is 0.494 e. The van der Waals surface area contributed by atoms with Gasteiger partial charge in [0.05, 0.1) is 6.61 Å². The number of sulfonamides is 1. The molecule has 4 rings (SSSR count). The molecule has 2 N–H and O–H groups in total. The normalized spacial score (nSPS) is 17.0. The quantitative estimate of drug-likeness (QED) is 0.528. The third-order valence-corrected chi connectivity index (χ3v) is 7.28. The fourth-order valence-electron chi connectivity index (χ4n) is 4.18. The lowest BCUT2D eigenvalue weighted by molar-refractivity contribution is -0.115. The molecule has 0 unspecified atom stereocenters. The zero-order valence-electron chi connectivity index (χ0n) is 19.5. The first kappa shape index (κ1) is 24.2. The summed E-state index contributed by atoms with van der Waals surface area (Å²) in [5.74, 6) is 1.00. The van der Waals surface area contributed by atoms with E-state index in [2.05, 4.69) is 32.1 Å². The van der Waals surface area contributed by atoms with Crippen molar-refractivity contribution >= 4 is 27.5 Å². The minimum atomic E-state index is -3.78. The van der Waals surface area contributed by atoms with Gasteiger partial charge >= 0.3 is 0 Å². The minimum Gasteiger partial charge on any atom is -0.494 e. The number of piperidine rings is 1. The Kier molecular flexibility index (Phi) is 7.84. The lowest BCUT2D eigenvalue weighted by Crippen LogP contribution is -2.29. The van der Waals surface area contributed by atoms with E-state index in [0.29, 0.717) is 43.1 Å². The molecule has 0 radical (unpaired) electrons. The van der Waals surface area contributed by atoms with Gasteiger partial charge in [-0.25, -0.2) is 0 Å². The summed E-state index contributed by atoms with van der Waals surface area (Å²) in [4.78, 5) is 14.2. The van der Waals surface area contributed by atoms with Gasteiger partial charge in [-0.1, -0.05) is 25.5 Å². The Morgan fingerprint density at radius 3 is 2.74 bits per heavy atom. The molecule has 9 heteroatoms. The average Bonchev–Trinajstić information content (AvgIpc) is 3.09. The molecule has 0 saturated carbocycles. The lowest BCUT2D eigenvalue weighted by Gasteiger charge is -2.26. The zero-order valence-corrected chi connectivity index (χ0v) is 20.4. The molecule has 0 atom stereocenters. The number of benzene rings is 2. The second kappa shape index (κ2) is 11.0. The summed E-state index contributed by atoms with van der Waals surface area (Å²) in [5.41, 5.74) is 2.22. The van der Waals surface area contributed by atoms with Crippen molar-refractivity contribution in [2.75, 3.05) is 31.6 Å². The number of hydrogen-bond acceptors (Lipinski definition) is 6. The molecule has 0 aliphatic carbocycles. The number of nitrogens with one attached hydrogen (secondary N) is 2. The number of nitrogens with zero attached hydrogens (tertiary/aromatic N) is 2. The Labute approximate surface area is 201 Å². The summed E-state index contributed by atoms with van der Waals surface area (Å²) < 4.78 is 34.7. The predicted octanol–water partition coefficient (Wildman–Crippen LogP) is 3.53. The first-order chi connectivity index (χ1) is 16.4. The number of anilines is 1. The molecular formula is C25H32N4O4S. The van der Waals surface area contributed by atoms with E-state index in [4.69, 9.17) is 4.74 Å². The number of hydrogen-bond donors (Lipinski definition) is 2. The highest BCUT2D eigenvalue weighted by Gasteiger charge is 2.29. The van der Waals surface area contributed by atoms with Gasteiger partial charge in [-0.3, -0.25) is 9.69 Å². The molecule has 1 saturated heterocycles. The highest BCUT2D eigenvalue weighted by atomic mass is 32.2. The number of rotatable bonds is 9. The molecule has 2 heterocycles. The van der Waals surface area contributed by atoms with Gasteiger partial charge in [0.25, 0.3) is 10.0 Å². The van der Waals surface area contributed by atoms with E-state index in [0.717, 1.165) is 25.4 Å². The fourth-order valence-corrected chi connectivity index (χ4v) is 5.40. The van der Waals surface area contributed by atoms with E-state index < -0.39 is 10.0 Å². The van der Waals surface area contributed by atoms with Crippen LogP contribution in [0.2, 0.25) is 0 Å². The SMILES string of the molecule is CCC(=O)Nc1ccc2c(c1)S(=O)(=O)N=C2NCCCOc1cccc(CN2CCCCC2)c1. The van der Waals surface area contributed by atoms with Gasteiger partial charge in [-0.15, -0.1) is 4.40 Å². The molecule has 2 aliphatic heterocycles. The molecule has 34 heavy (non-hydrogen) atoms. The first-order valence-electron chi connectivity index (χ1n) is 11.9. The predicted molar refractivity (Wildman–Crippen MR) is 133 cm³/mol. The number of amidine groups is 1. The molecule has 0 bridgehead atoms. The van der Waals surface area contributed by atoms with Crippen LogP contribution in [-0.4, -0.2) is 51.3 Å².